The van der Waals surface area contributed by atoms with Crippen LogP contribution in [-0.4, -0.2) is 30.2 Å². The normalized spacial score (nSPS) is 10.4. The SMILES string of the molecule is Cc1ccc(CNC(=O)COCCN)n1C. The van der Waals surface area contributed by atoms with Gasteiger partial charge in [0.1, 0.15) is 6.61 Å². The lowest BCUT2D eigenvalue weighted by molar-refractivity contribution is -0.125. The lowest BCUT2D eigenvalue weighted by atomic mass is 10.4. The molecule has 0 aliphatic heterocycles. The Morgan fingerprint density at radius 3 is 2.88 bits per heavy atom. The summed E-state index contributed by atoms with van der Waals surface area (Å²) in [6.07, 6.45) is 0. The molecular weight excluding hydrogens is 206 g/mol. The van der Waals surface area contributed by atoms with Gasteiger partial charge in [-0.15, -0.1) is 0 Å². The number of carbonyl (C=O) groups is 1. The number of hydrogen-bond acceptors (Lipinski definition) is 3. The number of nitrogens with one attached hydrogen (secondary N) is 1. The van der Waals surface area contributed by atoms with Gasteiger partial charge in [0.05, 0.1) is 13.2 Å². The summed E-state index contributed by atoms with van der Waals surface area (Å²) in [6.45, 7) is 3.46. The van der Waals surface area contributed by atoms with Crippen LogP contribution in [0.5, 0.6) is 0 Å². The Kier molecular flexibility index (Phi) is 5.01. The minimum Gasteiger partial charge on any atom is -0.370 e. The minimum atomic E-state index is -0.118. The largest absolute Gasteiger partial charge is 0.370 e. The number of ether oxygens (including phenoxy) is 1. The number of hydrogen-bond donors (Lipinski definition) is 2. The molecule has 16 heavy (non-hydrogen) atoms. The van der Waals surface area contributed by atoms with E-state index >= 15 is 0 Å². The summed E-state index contributed by atoms with van der Waals surface area (Å²) >= 11 is 0. The van der Waals surface area contributed by atoms with Crippen molar-refractivity contribution in [1.82, 2.24) is 9.88 Å². The highest BCUT2D eigenvalue weighted by Gasteiger charge is 2.04. The van der Waals surface area contributed by atoms with Gasteiger partial charge in [-0.25, -0.2) is 0 Å². The van der Waals surface area contributed by atoms with Gasteiger partial charge in [0.25, 0.3) is 0 Å². The van der Waals surface area contributed by atoms with Crippen molar-refractivity contribution in [3.63, 3.8) is 0 Å². The minimum absolute atomic E-state index is 0.0700. The maximum atomic E-state index is 11.3. The first-order valence-corrected chi connectivity index (χ1v) is 5.31. The van der Waals surface area contributed by atoms with E-state index in [9.17, 15) is 4.79 Å². The molecule has 0 saturated heterocycles. The number of aryl methyl sites for hydroxylation is 1. The highest BCUT2D eigenvalue weighted by molar-refractivity contribution is 5.77. The molecule has 0 spiro atoms. The van der Waals surface area contributed by atoms with Crippen molar-refractivity contribution in [3.8, 4) is 0 Å². The Bertz CT molecular complexity index is 347. The predicted octanol–water partition coefficient (Wildman–Crippen LogP) is -0.0750. The number of nitrogens with zero attached hydrogens (tertiary/aromatic N) is 1. The topological polar surface area (TPSA) is 69.3 Å². The third kappa shape index (κ3) is 3.67. The van der Waals surface area contributed by atoms with Crippen molar-refractivity contribution in [2.75, 3.05) is 19.8 Å². The summed E-state index contributed by atoms with van der Waals surface area (Å²) in [4.78, 5) is 11.3. The van der Waals surface area contributed by atoms with Crippen molar-refractivity contribution in [2.24, 2.45) is 12.8 Å². The second kappa shape index (κ2) is 6.30. The van der Waals surface area contributed by atoms with E-state index in [4.69, 9.17) is 10.5 Å². The van der Waals surface area contributed by atoms with Gasteiger partial charge in [0.2, 0.25) is 5.91 Å². The van der Waals surface area contributed by atoms with Crippen molar-refractivity contribution in [1.29, 1.82) is 0 Å². The van der Waals surface area contributed by atoms with Crippen LogP contribution in [0.4, 0.5) is 0 Å². The van der Waals surface area contributed by atoms with E-state index < -0.39 is 0 Å². The van der Waals surface area contributed by atoms with Crippen LogP contribution in [0.2, 0.25) is 0 Å². The summed E-state index contributed by atoms with van der Waals surface area (Å²) in [5.41, 5.74) is 7.49. The van der Waals surface area contributed by atoms with Crippen LogP contribution in [0.25, 0.3) is 0 Å². The number of carbonyl (C=O) groups excluding carboxylic acids is 1. The average Bonchev–Trinajstić information content (AvgIpc) is 2.58. The van der Waals surface area contributed by atoms with Gasteiger partial charge < -0.3 is 20.4 Å². The van der Waals surface area contributed by atoms with Crippen LogP contribution < -0.4 is 11.1 Å². The second-order valence-electron chi connectivity index (χ2n) is 3.64. The third-order valence-electron chi connectivity index (χ3n) is 2.44. The van der Waals surface area contributed by atoms with Gasteiger partial charge >= 0.3 is 0 Å². The van der Waals surface area contributed by atoms with Crippen LogP contribution in [0, 0.1) is 6.92 Å². The van der Waals surface area contributed by atoms with Crippen molar-refractivity contribution >= 4 is 5.91 Å². The fourth-order valence-electron chi connectivity index (χ4n) is 1.33. The highest BCUT2D eigenvalue weighted by atomic mass is 16.5. The molecule has 0 aromatic carbocycles. The number of amides is 1. The van der Waals surface area contributed by atoms with Crippen LogP contribution >= 0.6 is 0 Å². The van der Waals surface area contributed by atoms with E-state index in [1.165, 1.54) is 5.69 Å². The van der Waals surface area contributed by atoms with Gasteiger partial charge in [0.15, 0.2) is 0 Å². The Morgan fingerprint density at radius 1 is 1.56 bits per heavy atom. The molecule has 1 rings (SSSR count). The molecule has 0 atom stereocenters. The van der Waals surface area contributed by atoms with E-state index in [-0.39, 0.29) is 12.5 Å². The number of aromatic nitrogens is 1. The molecule has 0 bridgehead atoms. The third-order valence-corrected chi connectivity index (χ3v) is 2.44. The van der Waals surface area contributed by atoms with Crippen LogP contribution in [0.15, 0.2) is 12.1 Å². The first kappa shape index (κ1) is 12.7. The molecule has 0 aliphatic rings. The van der Waals surface area contributed by atoms with E-state index in [1.54, 1.807) is 0 Å². The predicted molar refractivity (Wildman–Crippen MR) is 61.9 cm³/mol. The van der Waals surface area contributed by atoms with Gasteiger partial charge in [-0.1, -0.05) is 0 Å². The molecular formula is C11H19N3O2. The molecule has 0 unspecified atom stereocenters. The van der Waals surface area contributed by atoms with Crippen molar-refractivity contribution in [2.45, 2.75) is 13.5 Å². The maximum absolute atomic E-state index is 11.3. The lowest BCUT2D eigenvalue weighted by Crippen LogP contribution is -2.28. The Balaban J connectivity index is 2.29. The van der Waals surface area contributed by atoms with E-state index in [0.717, 1.165) is 5.69 Å². The van der Waals surface area contributed by atoms with Gasteiger partial charge in [-0.3, -0.25) is 4.79 Å². The molecule has 1 aromatic rings. The summed E-state index contributed by atoms with van der Waals surface area (Å²) in [7, 11) is 1.97. The summed E-state index contributed by atoms with van der Waals surface area (Å²) < 4.78 is 7.07. The number of rotatable bonds is 6. The Labute approximate surface area is 95.6 Å². The van der Waals surface area contributed by atoms with Crippen molar-refractivity contribution < 1.29 is 9.53 Å². The summed E-state index contributed by atoms with van der Waals surface area (Å²) in [5.74, 6) is -0.118. The lowest BCUT2D eigenvalue weighted by Gasteiger charge is -2.07. The smallest absolute Gasteiger partial charge is 0.246 e. The molecule has 90 valence electrons. The van der Waals surface area contributed by atoms with Crippen LogP contribution in [0.3, 0.4) is 0 Å². The zero-order valence-electron chi connectivity index (χ0n) is 9.82. The molecule has 1 amide bonds. The highest BCUT2D eigenvalue weighted by Crippen LogP contribution is 2.04. The molecule has 0 radical (unpaired) electrons. The first-order valence-electron chi connectivity index (χ1n) is 5.31. The molecule has 0 aliphatic carbocycles. The molecule has 0 saturated carbocycles. The van der Waals surface area contributed by atoms with E-state index in [0.29, 0.717) is 19.7 Å². The Hall–Kier alpha value is -1.33. The fraction of sp³-hybridized carbons (Fsp3) is 0.545. The van der Waals surface area contributed by atoms with Gasteiger partial charge in [0, 0.05) is 25.0 Å². The monoisotopic (exact) mass is 225 g/mol. The van der Waals surface area contributed by atoms with Gasteiger partial charge in [-0.2, -0.15) is 0 Å². The first-order chi connectivity index (χ1) is 7.65. The molecule has 5 heteroatoms. The molecule has 1 heterocycles. The second-order valence-corrected chi connectivity index (χ2v) is 3.64. The van der Waals surface area contributed by atoms with Crippen LogP contribution in [-0.2, 0) is 23.1 Å². The van der Waals surface area contributed by atoms with Crippen molar-refractivity contribution in [3.05, 3.63) is 23.5 Å². The molecule has 1 aromatic heterocycles. The quantitative estimate of drug-likeness (QED) is 0.666. The van der Waals surface area contributed by atoms with Gasteiger partial charge in [-0.05, 0) is 19.1 Å². The zero-order chi connectivity index (χ0) is 12.0. The maximum Gasteiger partial charge on any atom is 0.246 e. The summed E-state index contributed by atoms with van der Waals surface area (Å²) in [6, 6.07) is 4.02. The standard InChI is InChI=1S/C11H19N3O2/c1-9-3-4-10(14(9)2)7-13-11(15)8-16-6-5-12/h3-4H,5-8,12H2,1-2H3,(H,13,15). The van der Waals surface area contributed by atoms with E-state index in [2.05, 4.69) is 5.32 Å². The van der Waals surface area contributed by atoms with Crippen LogP contribution in [0.1, 0.15) is 11.4 Å². The number of nitrogens with two attached hydrogens (primary N) is 1. The summed E-state index contributed by atoms with van der Waals surface area (Å²) in [5, 5.41) is 2.79. The zero-order valence-corrected chi connectivity index (χ0v) is 9.82. The Morgan fingerprint density at radius 2 is 2.31 bits per heavy atom. The molecule has 5 nitrogen and oxygen atoms in total. The average molecular weight is 225 g/mol. The van der Waals surface area contributed by atoms with E-state index in [1.807, 2.05) is 30.7 Å². The molecule has 3 N–H and O–H groups in total. The molecule has 0 fully saturated rings. The fourth-order valence-corrected chi connectivity index (χ4v) is 1.33.